The molecule has 0 radical (unpaired) electrons. The molecule has 2 N–H and O–H groups in total. The Morgan fingerprint density at radius 1 is 0.288 bits per heavy atom. The first-order valence-electron chi connectivity index (χ1n) is 20.0. The van der Waals surface area contributed by atoms with Gasteiger partial charge < -0.3 is 19.1 Å². The monoisotopic (exact) mass is 916 g/mol. The van der Waals surface area contributed by atoms with E-state index in [4.69, 9.17) is 0 Å². The molecular weight excluding hydrogens is 885 g/mol. The van der Waals surface area contributed by atoms with Crippen LogP contribution in [0.5, 0.6) is 0 Å². The number of alkyl halides is 12. The first-order chi connectivity index (χ1) is 31.2. The van der Waals surface area contributed by atoms with E-state index in [1.54, 1.807) is 0 Å². The zero-order valence-corrected chi connectivity index (χ0v) is 34.3. The van der Waals surface area contributed by atoms with Gasteiger partial charge in [-0.1, -0.05) is 121 Å². The number of fused-ring (bicyclic) bond motifs is 8. The molecule has 1 aliphatic heterocycles. The molecule has 0 fully saturated rings. The van der Waals surface area contributed by atoms with Crippen molar-refractivity contribution in [1.29, 1.82) is 0 Å². The van der Waals surface area contributed by atoms with Gasteiger partial charge in [0.25, 0.3) is 0 Å². The van der Waals surface area contributed by atoms with Crippen LogP contribution < -0.4 is 21.4 Å². The molecular formula is C50H32F12N4. The van der Waals surface area contributed by atoms with Gasteiger partial charge in [-0.3, -0.25) is 0 Å². The predicted octanol–water partition coefficient (Wildman–Crippen LogP) is 10.4. The maximum atomic E-state index is 15.9. The lowest BCUT2D eigenvalue weighted by Crippen LogP contribution is -2.22. The molecule has 4 aromatic heterocycles. The highest BCUT2D eigenvalue weighted by Gasteiger charge is 2.53. The highest BCUT2D eigenvalue weighted by Crippen LogP contribution is 2.51. The SMILES string of the molecule is Cn1c2c(C(F)(F)F)c(C(F)(F)F)c1/C(c1ccccc1)=c1/cc/c([nH]1)=C(\c1ccccc1)c1c(C(F)(F)F)c(C(F)(F)F)c(n1C)/C(c1ccccc1)=c1/cc/c([nH]1)=C/2c1ccccc1. The van der Waals surface area contributed by atoms with Gasteiger partial charge in [-0.15, -0.1) is 0 Å². The summed E-state index contributed by atoms with van der Waals surface area (Å²) in [5.74, 6) is 0. The molecule has 4 nitrogen and oxygen atoms in total. The van der Waals surface area contributed by atoms with Crippen LogP contribution in [0, 0.1) is 0 Å². The van der Waals surface area contributed by atoms with Crippen molar-refractivity contribution in [1.82, 2.24) is 19.1 Å². The zero-order chi connectivity index (χ0) is 47.1. The van der Waals surface area contributed by atoms with Crippen LogP contribution in [0.25, 0.3) is 22.3 Å². The summed E-state index contributed by atoms with van der Waals surface area (Å²) in [6.07, 6.45) is -22.7. The summed E-state index contributed by atoms with van der Waals surface area (Å²) in [5, 5.41) is -1.16. The minimum atomic E-state index is -5.68. The number of aromatic amines is 2. The molecule has 0 amide bonds. The van der Waals surface area contributed by atoms with Crippen molar-refractivity contribution in [2.45, 2.75) is 24.7 Å². The molecule has 4 aromatic carbocycles. The van der Waals surface area contributed by atoms with Crippen molar-refractivity contribution in [3.63, 3.8) is 0 Å². The molecule has 0 saturated carbocycles. The fourth-order valence-corrected chi connectivity index (χ4v) is 9.11. The smallest absolute Gasteiger partial charge is 0.354 e. The molecule has 0 atom stereocenters. The van der Waals surface area contributed by atoms with E-state index < -0.39 is 92.0 Å². The number of hydrogen-bond acceptors (Lipinski definition) is 0. The van der Waals surface area contributed by atoms with Gasteiger partial charge >= 0.3 is 24.7 Å². The topological polar surface area (TPSA) is 41.4 Å². The maximum Gasteiger partial charge on any atom is 0.419 e. The van der Waals surface area contributed by atoms with Crippen LogP contribution in [0.3, 0.4) is 0 Å². The number of benzene rings is 4. The predicted molar refractivity (Wildman–Crippen MR) is 223 cm³/mol. The molecule has 9 rings (SSSR count). The first kappa shape index (κ1) is 43.9. The molecule has 0 aliphatic carbocycles. The van der Waals surface area contributed by atoms with Gasteiger partial charge in [0.15, 0.2) is 0 Å². The van der Waals surface area contributed by atoms with Gasteiger partial charge in [0.05, 0.1) is 45.0 Å². The van der Waals surface area contributed by atoms with Crippen LogP contribution in [0.4, 0.5) is 52.7 Å². The Bertz CT molecular complexity index is 2950. The van der Waals surface area contributed by atoms with Crippen LogP contribution in [-0.4, -0.2) is 19.1 Å². The van der Waals surface area contributed by atoms with E-state index in [1.165, 1.54) is 146 Å². The molecule has 0 spiro atoms. The number of aromatic nitrogens is 4. The van der Waals surface area contributed by atoms with Crippen LogP contribution in [-0.2, 0) is 38.8 Å². The Kier molecular flexibility index (Phi) is 10.4. The van der Waals surface area contributed by atoms with Gasteiger partial charge in [-0.25, -0.2) is 0 Å². The standard InChI is InChI=1S/C50H32F12N4/c1-65-43-35(27-15-7-3-8-16-27)31-23-25-33(63-31)37(29-19-11-5-12-20-29)45-41(49(57,58)59)42(50(60,61)62)46(66(45)2)38(30-21-13-6-14-22-30)34-26-24-32(64-34)36(28-17-9-4-10-18-28)44(65)40(48(54,55)56)39(43)47(51,52)53/h3-26,63-64H,1-2H3/b35-31-,36-32-,37-33-,38-34-,43-35?,44-36?,45-37?,46-38?. The highest BCUT2D eigenvalue weighted by molar-refractivity contribution is 5.89. The quantitative estimate of drug-likeness (QED) is 0.165. The van der Waals surface area contributed by atoms with Crippen molar-refractivity contribution in [3.05, 3.63) is 234 Å². The van der Waals surface area contributed by atoms with Crippen molar-refractivity contribution in [3.8, 4) is 0 Å². The van der Waals surface area contributed by atoms with E-state index >= 15 is 52.7 Å². The molecule has 16 heteroatoms. The summed E-state index contributed by atoms with van der Waals surface area (Å²) in [6.45, 7) is 0. The Labute approximate surface area is 366 Å². The third-order valence-corrected chi connectivity index (χ3v) is 11.6. The van der Waals surface area contributed by atoms with E-state index in [1.807, 2.05) is 0 Å². The molecule has 0 saturated heterocycles. The van der Waals surface area contributed by atoms with Crippen molar-refractivity contribution in [2.75, 3.05) is 0 Å². The molecule has 5 heterocycles. The van der Waals surface area contributed by atoms with Crippen LogP contribution in [0.15, 0.2) is 146 Å². The number of H-pyrrole nitrogens is 2. The average Bonchev–Trinajstić information content (AvgIpc) is 4.06. The summed E-state index contributed by atoms with van der Waals surface area (Å²) in [7, 11) is 2.11. The van der Waals surface area contributed by atoms with Crippen molar-refractivity contribution >= 4 is 22.3 Å². The third-order valence-electron chi connectivity index (χ3n) is 11.6. The van der Waals surface area contributed by atoms with E-state index in [2.05, 4.69) is 9.97 Å². The van der Waals surface area contributed by atoms with Crippen LogP contribution in [0.2, 0.25) is 0 Å². The maximum absolute atomic E-state index is 15.9. The van der Waals surface area contributed by atoms with E-state index in [-0.39, 0.29) is 43.7 Å². The van der Waals surface area contributed by atoms with Gasteiger partial charge in [-0.2, -0.15) is 52.7 Å². The molecule has 8 aromatic rings. The number of nitrogens with one attached hydrogen (secondary N) is 2. The molecule has 0 unspecified atom stereocenters. The second kappa shape index (κ2) is 15.7. The molecule has 8 bridgehead atoms. The van der Waals surface area contributed by atoms with Gasteiger partial charge in [0.1, 0.15) is 0 Å². The fourth-order valence-electron chi connectivity index (χ4n) is 9.11. The number of rotatable bonds is 4. The normalized spacial score (nSPS) is 17.1. The Balaban J connectivity index is 1.68. The van der Waals surface area contributed by atoms with Crippen LogP contribution in [0.1, 0.15) is 67.3 Å². The average molecular weight is 917 g/mol. The Hall–Kier alpha value is -7.36. The number of hydrogen-bond donors (Lipinski definition) is 2. The summed E-state index contributed by atoms with van der Waals surface area (Å²) in [4.78, 5) is 5.77. The van der Waals surface area contributed by atoms with Crippen molar-refractivity contribution < 1.29 is 52.7 Å². The second-order valence-electron chi connectivity index (χ2n) is 15.5. The largest absolute Gasteiger partial charge is 0.419 e. The summed E-state index contributed by atoms with van der Waals surface area (Å²) >= 11 is 0. The number of nitrogens with zero attached hydrogens (tertiary/aromatic N) is 2. The minimum Gasteiger partial charge on any atom is -0.354 e. The van der Waals surface area contributed by atoms with Gasteiger partial charge in [0, 0.05) is 57.8 Å². The third kappa shape index (κ3) is 7.33. The van der Waals surface area contributed by atoms with E-state index in [9.17, 15) is 0 Å². The minimum absolute atomic E-state index is 0.0262. The Morgan fingerprint density at radius 3 is 0.636 bits per heavy atom. The summed E-state index contributed by atoms with van der Waals surface area (Å²) < 4.78 is 192. The zero-order valence-electron chi connectivity index (χ0n) is 34.3. The fraction of sp³-hybridized carbons (Fsp3) is 0.120. The van der Waals surface area contributed by atoms with Crippen LogP contribution >= 0.6 is 0 Å². The van der Waals surface area contributed by atoms with Crippen molar-refractivity contribution in [2.24, 2.45) is 14.1 Å². The lowest BCUT2D eigenvalue weighted by molar-refractivity contribution is -0.161. The van der Waals surface area contributed by atoms with E-state index in [0.717, 1.165) is 23.2 Å². The number of halogens is 12. The molecule has 66 heavy (non-hydrogen) atoms. The first-order valence-corrected chi connectivity index (χ1v) is 20.0. The second-order valence-corrected chi connectivity index (χ2v) is 15.5. The van der Waals surface area contributed by atoms with E-state index in [0.29, 0.717) is 0 Å². The lowest BCUT2D eigenvalue weighted by Gasteiger charge is -2.17. The highest BCUT2D eigenvalue weighted by atomic mass is 19.4. The molecule has 336 valence electrons. The summed E-state index contributed by atoms with van der Waals surface area (Å²) in [5.41, 5.74) is -13.8. The molecule has 1 aliphatic rings. The lowest BCUT2D eigenvalue weighted by atomic mass is 9.94. The van der Waals surface area contributed by atoms with Gasteiger partial charge in [-0.05, 0) is 46.5 Å². The van der Waals surface area contributed by atoms with Gasteiger partial charge in [0.2, 0.25) is 0 Å². The summed E-state index contributed by atoms with van der Waals surface area (Å²) in [6, 6.07) is 33.2. The Morgan fingerprint density at radius 2 is 0.470 bits per heavy atom.